The normalized spacial score (nSPS) is 14.9. The Labute approximate surface area is 51.0 Å². The molecule has 0 aliphatic rings. The standard InChI is InChI=1S/C7H13O/c1-3-4-5-7(2)6-8/h3-4,7-8H,1,5-6H2,2H3/b4-3+. The van der Waals surface area contributed by atoms with E-state index < -0.39 is 0 Å². The number of hydrogen-bond acceptors (Lipinski definition) is 1. The third kappa shape index (κ3) is 3.88. The average molecular weight is 113 g/mol. The largest absolute Gasteiger partial charge is 0.396 e. The lowest BCUT2D eigenvalue weighted by Gasteiger charge is -2.00. The van der Waals surface area contributed by atoms with Gasteiger partial charge in [-0.25, -0.2) is 0 Å². The molecule has 0 aromatic heterocycles. The molecule has 0 aromatic carbocycles. The van der Waals surface area contributed by atoms with Gasteiger partial charge in [0.15, 0.2) is 0 Å². The monoisotopic (exact) mass is 113 g/mol. The van der Waals surface area contributed by atoms with E-state index in [9.17, 15) is 0 Å². The Morgan fingerprint density at radius 3 is 2.75 bits per heavy atom. The van der Waals surface area contributed by atoms with Crippen molar-refractivity contribution < 1.29 is 5.11 Å². The lowest BCUT2D eigenvalue weighted by Crippen LogP contribution is -1.97. The van der Waals surface area contributed by atoms with Crippen LogP contribution in [0.5, 0.6) is 0 Å². The van der Waals surface area contributed by atoms with Gasteiger partial charge in [0.1, 0.15) is 0 Å². The summed E-state index contributed by atoms with van der Waals surface area (Å²) in [6.45, 7) is 5.80. The number of aliphatic hydroxyl groups excluding tert-OH is 1. The SMILES string of the molecule is [CH2]/C=C/CC(C)CO. The van der Waals surface area contributed by atoms with Crippen molar-refractivity contribution >= 4 is 0 Å². The van der Waals surface area contributed by atoms with E-state index in [2.05, 4.69) is 6.92 Å². The van der Waals surface area contributed by atoms with Gasteiger partial charge in [0.05, 0.1) is 0 Å². The topological polar surface area (TPSA) is 20.2 Å². The van der Waals surface area contributed by atoms with E-state index in [-0.39, 0.29) is 6.61 Å². The van der Waals surface area contributed by atoms with Crippen molar-refractivity contribution in [1.29, 1.82) is 0 Å². The van der Waals surface area contributed by atoms with Crippen LogP contribution in [-0.4, -0.2) is 11.7 Å². The van der Waals surface area contributed by atoms with Crippen LogP contribution in [0.2, 0.25) is 0 Å². The fourth-order valence-electron chi connectivity index (χ4n) is 0.403. The Kier molecular flexibility index (Phi) is 4.67. The summed E-state index contributed by atoms with van der Waals surface area (Å²) in [6.07, 6.45) is 4.65. The van der Waals surface area contributed by atoms with E-state index in [0.717, 1.165) is 6.42 Å². The summed E-state index contributed by atoms with van der Waals surface area (Å²) in [5.74, 6) is 0.382. The zero-order valence-corrected chi connectivity index (χ0v) is 5.30. The first-order valence-corrected chi connectivity index (χ1v) is 2.86. The maximum atomic E-state index is 8.51. The summed E-state index contributed by atoms with van der Waals surface area (Å²) in [5, 5.41) is 8.51. The summed E-state index contributed by atoms with van der Waals surface area (Å²) < 4.78 is 0. The highest BCUT2D eigenvalue weighted by Gasteiger charge is 1.92. The maximum absolute atomic E-state index is 8.51. The molecule has 0 aliphatic heterocycles. The van der Waals surface area contributed by atoms with Gasteiger partial charge in [0.2, 0.25) is 0 Å². The van der Waals surface area contributed by atoms with Crippen LogP contribution in [0.3, 0.4) is 0 Å². The fourth-order valence-corrected chi connectivity index (χ4v) is 0.403. The van der Waals surface area contributed by atoms with E-state index in [1.807, 2.05) is 13.0 Å². The molecule has 1 nitrogen and oxygen atoms in total. The molecule has 0 rings (SSSR count). The van der Waals surface area contributed by atoms with E-state index in [0.29, 0.717) is 5.92 Å². The zero-order valence-electron chi connectivity index (χ0n) is 5.30. The predicted molar refractivity (Wildman–Crippen MR) is 35.4 cm³/mol. The summed E-state index contributed by atoms with van der Waals surface area (Å²) in [6, 6.07) is 0. The smallest absolute Gasteiger partial charge is 0.0459 e. The van der Waals surface area contributed by atoms with Gasteiger partial charge in [-0.3, -0.25) is 0 Å². The van der Waals surface area contributed by atoms with Gasteiger partial charge >= 0.3 is 0 Å². The first-order chi connectivity index (χ1) is 3.81. The molecule has 1 atom stereocenters. The van der Waals surface area contributed by atoms with Crippen molar-refractivity contribution in [3.8, 4) is 0 Å². The second-order valence-corrected chi connectivity index (χ2v) is 1.99. The number of rotatable bonds is 3. The third-order valence-corrected chi connectivity index (χ3v) is 1.02. The van der Waals surface area contributed by atoms with Gasteiger partial charge in [-0.15, -0.1) is 0 Å². The highest BCUT2D eigenvalue weighted by atomic mass is 16.3. The molecular weight excluding hydrogens is 100 g/mol. The van der Waals surface area contributed by atoms with Crippen LogP contribution in [0, 0.1) is 12.8 Å². The number of aliphatic hydroxyl groups is 1. The zero-order chi connectivity index (χ0) is 6.41. The summed E-state index contributed by atoms with van der Waals surface area (Å²) in [4.78, 5) is 0. The molecule has 47 valence electrons. The highest BCUT2D eigenvalue weighted by molar-refractivity contribution is 4.84. The maximum Gasteiger partial charge on any atom is 0.0459 e. The van der Waals surface area contributed by atoms with E-state index in [1.165, 1.54) is 0 Å². The van der Waals surface area contributed by atoms with Crippen LogP contribution in [0.4, 0.5) is 0 Å². The van der Waals surface area contributed by atoms with Gasteiger partial charge in [-0.05, 0) is 19.3 Å². The van der Waals surface area contributed by atoms with Crippen molar-refractivity contribution in [1.82, 2.24) is 0 Å². The lowest BCUT2D eigenvalue weighted by atomic mass is 10.1. The Morgan fingerprint density at radius 2 is 2.38 bits per heavy atom. The van der Waals surface area contributed by atoms with Crippen LogP contribution in [-0.2, 0) is 0 Å². The second kappa shape index (κ2) is 4.85. The van der Waals surface area contributed by atoms with Crippen LogP contribution < -0.4 is 0 Å². The molecule has 0 fully saturated rings. The first-order valence-electron chi connectivity index (χ1n) is 2.86. The minimum Gasteiger partial charge on any atom is -0.396 e. The summed E-state index contributed by atoms with van der Waals surface area (Å²) >= 11 is 0. The molecule has 1 unspecified atom stereocenters. The van der Waals surface area contributed by atoms with Crippen LogP contribution in [0.25, 0.3) is 0 Å². The second-order valence-electron chi connectivity index (χ2n) is 1.99. The average Bonchev–Trinajstić information content (AvgIpc) is 1.83. The number of allylic oxidation sites excluding steroid dienone is 2. The van der Waals surface area contributed by atoms with Crippen molar-refractivity contribution in [3.05, 3.63) is 19.1 Å². The van der Waals surface area contributed by atoms with Crippen molar-refractivity contribution in [2.45, 2.75) is 13.3 Å². The summed E-state index contributed by atoms with van der Waals surface area (Å²) in [5.41, 5.74) is 0. The van der Waals surface area contributed by atoms with Gasteiger partial charge < -0.3 is 5.11 Å². The van der Waals surface area contributed by atoms with Crippen molar-refractivity contribution in [2.75, 3.05) is 6.61 Å². The molecular formula is C7H13O. The quantitative estimate of drug-likeness (QED) is 0.586. The van der Waals surface area contributed by atoms with Crippen LogP contribution in [0.15, 0.2) is 12.2 Å². The Bertz CT molecular complexity index is 66.8. The van der Waals surface area contributed by atoms with Gasteiger partial charge in [-0.2, -0.15) is 0 Å². The minimum atomic E-state index is 0.268. The van der Waals surface area contributed by atoms with E-state index >= 15 is 0 Å². The van der Waals surface area contributed by atoms with Gasteiger partial charge in [0.25, 0.3) is 0 Å². The molecule has 0 amide bonds. The number of hydrogen-bond donors (Lipinski definition) is 1. The molecule has 0 saturated carbocycles. The Hall–Kier alpha value is -0.300. The molecule has 0 aliphatic carbocycles. The molecule has 8 heavy (non-hydrogen) atoms. The van der Waals surface area contributed by atoms with Crippen LogP contribution in [0.1, 0.15) is 13.3 Å². The van der Waals surface area contributed by atoms with Crippen LogP contribution >= 0.6 is 0 Å². The van der Waals surface area contributed by atoms with Crippen molar-refractivity contribution in [3.63, 3.8) is 0 Å². The minimum absolute atomic E-state index is 0.268. The Morgan fingerprint density at radius 1 is 1.75 bits per heavy atom. The lowest BCUT2D eigenvalue weighted by molar-refractivity contribution is 0.239. The fraction of sp³-hybridized carbons (Fsp3) is 0.571. The molecule has 1 radical (unpaired) electrons. The first kappa shape index (κ1) is 7.70. The van der Waals surface area contributed by atoms with Crippen molar-refractivity contribution in [2.24, 2.45) is 5.92 Å². The van der Waals surface area contributed by atoms with E-state index in [4.69, 9.17) is 5.11 Å². The molecule has 0 heterocycles. The Balaban J connectivity index is 3.10. The van der Waals surface area contributed by atoms with Gasteiger partial charge in [0, 0.05) is 6.61 Å². The molecule has 0 spiro atoms. The highest BCUT2D eigenvalue weighted by Crippen LogP contribution is 1.99. The van der Waals surface area contributed by atoms with E-state index in [1.54, 1.807) is 6.08 Å². The molecule has 1 heteroatoms. The summed E-state index contributed by atoms with van der Waals surface area (Å²) in [7, 11) is 0. The van der Waals surface area contributed by atoms with Gasteiger partial charge in [-0.1, -0.05) is 19.1 Å². The third-order valence-electron chi connectivity index (χ3n) is 1.02. The molecule has 1 N–H and O–H groups in total. The molecule has 0 aromatic rings. The molecule has 0 bridgehead atoms. The molecule has 0 saturated heterocycles. The predicted octanol–water partition coefficient (Wildman–Crippen LogP) is 1.40.